The van der Waals surface area contributed by atoms with Gasteiger partial charge in [0.1, 0.15) is 0 Å². The lowest BCUT2D eigenvalue weighted by Crippen LogP contribution is -2.40. The molecular weight excluding hydrogens is 408 g/mol. The van der Waals surface area contributed by atoms with Crippen LogP contribution in [0.3, 0.4) is 0 Å². The molecule has 0 radical (unpaired) electrons. The third-order valence-corrected chi connectivity index (χ3v) is 5.65. The number of nitrogens with one attached hydrogen (secondary N) is 1. The molecule has 0 saturated carbocycles. The predicted molar refractivity (Wildman–Crippen MR) is 122 cm³/mol. The number of carbonyl (C=O) groups is 2. The van der Waals surface area contributed by atoms with Crippen molar-refractivity contribution in [1.29, 1.82) is 0 Å². The molecule has 1 fully saturated rings. The van der Waals surface area contributed by atoms with Gasteiger partial charge in [-0.1, -0.05) is 25.5 Å². The minimum Gasteiger partial charge on any atom is -0.478 e. The van der Waals surface area contributed by atoms with E-state index < -0.39 is 5.97 Å². The van der Waals surface area contributed by atoms with Gasteiger partial charge in [0.25, 0.3) is 5.91 Å². The Morgan fingerprint density at radius 1 is 1.09 bits per heavy atom. The molecule has 0 spiro atoms. The highest BCUT2D eigenvalue weighted by Crippen LogP contribution is 2.24. The molecular formula is C24H28N4O4. The molecule has 1 saturated heterocycles. The Morgan fingerprint density at radius 2 is 1.81 bits per heavy atom. The van der Waals surface area contributed by atoms with E-state index in [1.165, 1.54) is 0 Å². The molecule has 32 heavy (non-hydrogen) atoms. The van der Waals surface area contributed by atoms with Crippen LogP contribution in [0.2, 0.25) is 0 Å². The number of morpholine rings is 1. The van der Waals surface area contributed by atoms with E-state index in [4.69, 9.17) is 14.8 Å². The largest absolute Gasteiger partial charge is 0.478 e. The molecule has 0 atom stereocenters. The van der Waals surface area contributed by atoms with E-state index >= 15 is 0 Å². The quantitative estimate of drug-likeness (QED) is 0.525. The van der Waals surface area contributed by atoms with Crippen LogP contribution in [0.1, 0.15) is 46.0 Å². The van der Waals surface area contributed by atoms with Gasteiger partial charge < -0.3 is 24.6 Å². The minimum atomic E-state index is -0.946. The number of benzene rings is 2. The number of rotatable bonds is 8. The van der Waals surface area contributed by atoms with Crippen LogP contribution in [0.25, 0.3) is 11.0 Å². The first-order valence-corrected chi connectivity index (χ1v) is 11.0. The molecule has 2 heterocycles. The van der Waals surface area contributed by atoms with Crippen molar-refractivity contribution in [3.63, 3.8) is 0 Å². The Labute approximate surface area is 186 Å². The first-order chi connectivity index (χ1) is 15.6. The summed E-state index contributed by atoms with van der Waals surface area (Å²) in [5.41, 5.74) is 3.51. The fourth-order valence-corrected chi connectivity index (χ4v) is 3.81. The molecule has 1 aliphatic rings. The van der Waals surface area contributed by atoms with Gasteiger partial charge in [-0.25, -0.2) is 9.78 Å². The lowest BCUT2D eigenvalue weighted by molar-refractivity contribution is 0.0303. The third kappa shape index (κ3) is 4.75. The van der Waals surface area contributed by atoms with Gasteiger partial charge in [0, 0.05) is 25.2 Å². The van der Waals surface area contributed by atoms with Crippen molar-refractivity contribution in [2.45, 2.75) is 26.3 Å². The lowest BCUT2D eigenvalue weighted by Gasteiger charge is -2.26. The normalized spacial score (nSPS) is 14.0. The summed E-state index contributed by atoms with van der Waals surface area (Å²) in [7, 11) is 0. The van der Waals surface area contributed by atoms with Crippen molar-refractivity contribution in [2.24, 2.45) is 0 Å². The first-order valence-electron chi connectivity index (χ1n) is 11.0. The Kier molecular flexibility index (Phi) is 6.70. The molecule has 8 heteroatoms. The van der Waals surface area contributed by atoms with Crippen molar-refractivity contribution in [1.82, 2.24) is 14.5 Å². The number of amides is 1. The monoisotopic (exact) mass is 436 g/mol. The number of hydrogen-bond donors (Lipinski definition) is 2. The Bertz CT molecular complexity index is 1100. The Hall–Kier alpha value is -3.39. The minimum absolute atomic E-state index is 0.00532. The van der Waals surface area contributed by atoms with E-state index in [-0.39, 0.29) is 11.5 Å². The van der Waals surface area contributed by atoms with E-state index in [0.717, 1.165) is 41.9 Å². The summed E-state index contributed by atoms with van der Waals surface area (Å²) < 4.78 is 7.41. The number of hydrogen-bond acceptors (Lipinski definition) is 5. The summed E-state index contributed by atoms with van der Waals surface area (Å²) in [6, 6.07) is 12.5. The molecule has 4 rings (SSSR count). The van der Waals surface area contributed by atoms with Crippen LogP contribution < -0.4 is 5.32 Å². The van der Waals surface area contributed by atoms with Crippen LogP contribution in [0.5, 0.6) is 0 Å². The van der Waals surface area contributed by atoms with Gasteiger partial charge in [0.15, 0.2) is 0 Å². The average Bonchev–Trinajstić information content (AvgIpc) is 3.16. The molecule has 168 valence electrons. The Morgan fingerprint density at radius 3 is 2.50 bits per heavy atom. The summed E-state index contributed by atoms with van der Waals surface area (Å²) in [5.74, 6) is -0.209. The summed E-state index contributed by atoms with van der Waals surface area (Å²) in [4.78, 5) is 30.7. The molecule has 1 aromatic heterocycles. The van der Waals surface area contributed by atoms with Gasteiger partial charge in [-0.2, -0.15) is 0 Å². The fraction of sp³-hybridized carbons (Fsp3) is 0.375. The first kappa shape index (κ1) is 21.8. The second kappa shape index (κ2) is 9.82. The lowest BCUT2D eigenvalue weighted by atomic mass is 10.1. The maximum Gasteiger partial charge on any atom is 0.335 e. The molecule has 1 amide bonds. The maximum atomic E-state index is 13.0. The van der Waals surface area contributed by atoms with Crippen molar-refractivity contribution < 1.29 is 19.4 Å². The highest BCUT2D eigenvalue weighted by atomic mass is 16.5. The zero-order valence-corrected chi connectivity index (χ0v) is 18.2. The van der Waals surface area contributed by atoms with Crippen LogP contribution in [0.15, 0.2) is 42.5 Å². The second-order valence-electron chi connectivity index (χ2n) is 7.91. The van der Waals surface area contributed by atoms with Gasteiger partial charge in [-0.05, 0) is 42.3 Å². The second-order valence-corrected chi connectivity index (χ2v) is 7.91. The van der Waals surface area contributed by atoms with Gasteiger partial charge in [0.2, 0.25) is 5.95 Å². The maximum absolute atomic E-state index is 13.0. The number of aromatic carboxylic acids is 1. The van der Waals surface area contributed by atoms with Gasteiger partial charge in [-0.3, -0.25) is 4.79 Å². The van der Waals surface area contributed by atoms with Crippen molar-refractivity contribution in [3.8, 4) is 0 Å². The van der Waals surface area contributed by atoms with Crippen LogP contribution in [-0.4, -0.2) is 64.3 Å². The van der Waals surface area contributed by atoms with Gasteiger partial charge in [-0.15, -0.1) is 0 Å². The third-order valence-electron chi connectivity index (χ3n) is 5.65. The topological polar surface area (TPSA) is 96.7 Å². The number of aromatic nitrogens is 2. The molecule has 0 aliphatic carbocycles. The zero-order valence-electron chi connectivity index (χ0n) is 18.2. The van der Waals surface area contributed by atoms with Crippen LogP contribution in [-0.2, 0) is 11.3 Å². The number of unbranched alkanes of at least 4 members (excludes halogenated alkanes) is 1. The standard InChI is InChI=1S/C24H28N4O4/c1-2-3-10-25-24-26-20-9-8-19(22(29)27-11-13-32-14-12-27)15-21(20)28(24)16-17-4-6-18(7-5-17)23(30)31/h4-9,15H,2-3,10-14,16H2,1H3,(H,25,26)(H,30,31). The van der Waals surface area contributed by atoms with E-state index in [9.17, 15) is 9.59 Å². The van der Waals surface area contributed by atoms with E-state index in [1.54, 1.807) is 12.1 Å². The zero-order chi connectivity index (χ0) is 22.5. The number of carboxylic acid groups (broad SMARTS) is 1. The van der Waals surface area contributed by atoms with Gasteiger partial charge >= 0.3 is 5.97 Å². The molecule has 3 aromatic rings. The number of fused-ring (bicyclic) bond motifs is 1. The van der Waals surface area contributed by atoms with E-state index in [2.05, 4.69) is 16.8 Å². The highest BCUT2D eigenvalue weighted by molar-refractivity contribution is 5.98. The number of carboxylic acids is 1. The summed E-state index contributed by atoms with van der Waals surface area (Å²) in [5, 5.41) is 12.6. The van der Waals surface area contributed by atoms with Gasteiger partial charge in [0.05, 0.1) is 36.4 Å². The molecule has 0 unspecified atom stereocenters. The molecule has 2 N–H and O–H groups in total. The SMILES string of the molecule is CCCCNc1nc2ccc(C(=O)N3CCOCC3)cc2n1Cc1ccc(C(=O)O)cc1. The predicted octanol–water partition coefficient (Wildman–Crippen LogP) is 3.47. The van der Waals surface area contributed by atoms with E-state index in [0.29, 0.717) is 38.4 Å². The smallest absolute Gasteiger partial charge is 0.335 e. The highest BCUT2D eigenvalue weighted by Gasteiger charge is 2.20. The number of nitrogens with zero attached hydrogens (tertiary/aromatic N) is 3. The molecule has 1 aliphatic heterocycles. The van der Waals surface area contributed by atoms with E-state index in [1.807, 2.05) is 35.2 Å². The molecule has 8 nitrogen and oxygen atoms in total. The van der Waals surface area contributed by atoms with Crippen molar-refractivity contribution in [3.05, 3.63) is 59.2 Å². The molecule has 2 aromatic carbocycles. The van der Waals surface area contributed by atoms with Crippen molar-refractivity contribution >= 4 is 28.9 Å². The number of ether oxygens (including phenoxy) is 1. The summed E-state index contributed by atoms with van der Waals surface area (Å²) >= 11 is 0. The number of anilines is 1. The van der Waals surface area contributed by atoms with Crippen LogP contribution in [0.4, 0.5) is 5.95 Å². The number of imidazole rings is 1. The summed E-state index contributed by atoms with van der Waals surface area (Å²) in [6.45, 7) is 5.76. The van der Waals surface area contributed by atoms with Crippen LogP contribution >= 0.6 is 0 Å². The summed E-state index contributed by atoms with van der Waals surface area (Å²) in [6.07, 6.45) is 2.10. The van der Waals surface area contributed by atoms with Crippen LogP contribution in [0, 0.1) is 0 Å². The number of carbonyl (C=O) groups excluding carboxylic acids is 1. The van der Waals surface area contributed by atoms with Crippen molar-refractivity contribution in [2.75, 3.05) is 38.2 Å². The average molecular weight is 437 g/mol. The Balaban J connectivity index is 1.68. The molecule has 0 bridgehead atoms. The fourth-order valence-electron chi connectivity index (χ4n) is 3.81.